The highest BCUT2D eigenvalue weighted by molar-refractivity contribution is 5.76. The second kappa shape index (κ2) is 7.81. The Morgan fingerprint density at radius 1 is 1.24 bits per heavy atom. The normalized spacial score (nSPS) is 24.3. The zero-order chi connectivity index (χ0) is 17.1. The fourth-order valence-corrected chi connectivity index (χ4v) is 4.65. The molecule has 1 saturated heterocycles. The lowest BCUT2D eigenvalue weighted by Crippen LogP contribution is -2.39. The van der Waals surface area contributed by atoms with Gasteiger partial charge in [-0.3, -0.25) is 4.79 Å². The monoisotopic (exact) mass is 342 g/mol. The van der Waals surface area contributed by atoms with Crippen molar-refractivity contribution in [1.29, 1.82) is 0 Å². The first-order chi connectivity index (χ1) is 12.3. The van der Waals surface area contributed by atoms with Crippen LogP contribution in [0.3, 0.4) is 0 Å². The largest absolute Gasteiger partial charge is 0.342 e. The molecule has 3 aliphatic rings. The molecule has 25 heavy (non-hydrogen) atoms. The van der Waals surface area contributed by atoms with Gasteiger partial charge in [-0.1, -0.05) is 25.7 Å². The van der Waals surface area contributed by atoms with Crippen LogP contribution in [-0.4, -0.2) is 40.4 Å². The Labute approximate surface area is 150 Å². The van der Waals surface area contributed by atoms with Crippen molar-refractivity contribution in [2.45, 2.75) is 70.3 Å². The van der Waals surface area contributed by atoms with E-state index in [4.69, 9.17) is 4.98 Å². The maximum Gasteiger partial charge on any atom is 0.222 e. The molecule has 1 amide bonds. The summed E-state index contributed by atoms with van der Waals surface area (Å²) < 4.78 is 0. The topological polar surface area (TPSA) is 58.1 Å². The molecule has 3 heterocycles. The van der Waals surface area contributed by atoms with Crippen molar-refractivity contribution < 1.29 is 4.79 Å². The maximum absolute atomic E-state index is 12.6. The van der Waals surface area contributed by atoms with Crippen LogP contribution in [0, 0.1) is 5.92 Å². The predicted octanol–water partition coefficient (Wildman–Crippen LogP) is 2.80. The Bertz CT molecular complexity index is 612. The van der Waals surface area contributed by atoms with E-state index in [0.717, 1.165) is 70.0 Å². The zero-order valence-electron chi connectivity index (χ0n) is 15.2. The summed E-state index contributed by atoms with van der Waals surface area (Å²) >= 11 is 0. The molecule has 1 saturated carbocycles. The summed E-state index contributed by atoms with van der Waals surface area (Å²) in [5.74, 6) is 2.40. The van der Waals surface area contributed by atoms with Crippen LogP contribution in [-0.2, 0) is 17.8 Å². The van der Waals surface area contributed by atoms with Gasteiger partial charge >= 0.3 is 0 Å². The van der Waals surface area contributed by atoms with Gasteiger partial charge in [0.15, 0.2) is 0 Å². The van der Waals surface area contributed by atoms with Gasteiger partial charge in [-0.05, 0) is 25.2 Å². The molecule has 136 valence electrons. The van der Waals surface area contributed by atoms with Gasteiger partial charge in [0.05, 0.1) is 0 Å². The van der Waals surface area contributed by atoms with Crippen LogP contribution in [0.1, 0.15) is 74.4 Å². The van der Waals surface area contributed by atoms with Crippen molar-refractivity contribution in [2.24, 2.45) is 5.92 Å². The number of amides is 1. The zero-order valence-corrected chi connectivity index (χ0v) is 15.2. The third-order valence-electron chi connectivity index (χ3n) is 6.21. The van der Waals surface area contributed by atoms with Gasteiger partial charge in [0.2, 0.25) is 5.91 Å². The number of piperidine rings is 1. The molecule has 1 aromatic heterocycles. The van der Waals surface area contributed by atoms with Gasteiger partial charge in [-0.25, -0.2) is 9.97 Å². The highest BCUT2D eigenvalue weighted by atomic mass is 16.2. The summed E-state index contributed by atoms with van der Waals surface area (Å²) in [5, 5.41) is 3.37. The summed E-state index contributed by atoms with van der Waals surface area (Å²) in [6.07, 6.45) is 12.3. The molecular formula is C20H30N4O. The van der Waals surface area contributed by atoms with Crippen molar-refractivity contribution in [3.8, 4) is 0 Å². The molecule has 1 aliphatic carbocycles. The summed E-state index contributed by atoms with van der Waals surface area (Å²) in [5.41, 5.74) is 2.43. The first-order valence-electron chi connectivity index (χ1n) is 10.1. The smallest absolute Gasteiger partial charge is 0.222 e. The lowest BCUT2D eigenvalue weighted by molar-refractivity contribution is -0.132. The molecule has 1 N–H and O–H groups in total. The molecule has 5 nitrogen and oxygen atoms in total. The number of carbonyl (C=O) groups excluding carboxylic acids is 1. The van der Waals surface area contributed by atoms with E-state index >= 15 is 0 Å². The number of aromatic nitrogens is 2. The van der Waals surface area contributed by atoms with Crippen molar-refractivity contribution >= 4 is 5.91 Å². The lowest BCUT2D eigenvalue weighted by atomic mass is 9.95. The van der Waals surface area contributed by atoms with E-state index in [2.05, 4.69) is 15.2 Å². The fourth-order valence-electron chi connectivity index (χ4n) is 4.65. The minimum absolute atomic E-state index is 0.310. The maximum atomic E-state index is 12.6. The Kier molecular flexibility index (Phi) is 5.30. The summed E-state index contributed by atoms with van der Waals surface area (Å²) in [7, 11) is 0. The van der Waals surface area contributed by atoms with E-state index in [1.54, 1.807) is 0 Å². The number of nitrogens with zero attached hydrogens (tertiary/aromatic N) is 3. The summed E-state index contributed by atoms with van der Waals surface area (Å²) in [4.78, 5) is 24.2. The molecule has 0 aromatic carbocycles. The van der Waals surface area contributed by atoms with E-state index in [-0.39, 0.29) is 0 Å². The third kappa shape index (κ3) is 4.02. The van der Waals surface area contributed by atoms with E-state index in [0.29, 0.717) is 11.8 Å². The van der Waals surface area contributed by atoms with E-state index < -0.39 is 0 Å². The van der Waals surface area contributed by atoms with Gasteiger partial charge in [-0.15, -0.1) is 0 Å². The van der Waals surface area contributed by atoms with Gasteiger partial charge in [0.25, 0.3) is 0 Å². The Morgan fingerprint density at radius 2 is 2.12 bits per heavy atom. The minimum Gasteiger partial charge on any atom is -0.342 e. The molecule has 0 radical (unpaired) electrons. The predicted molar refractivity (Wildman–Crippen MR) is 97.2 cm³/mol. The average Bonchev–Trinajstić information content (AvgIpc) is 3.19. The molecule has 1 atom stereocenters. The number of nitrogens with one attached hydrogen (secondary N) is 1. The number of rotatable bonds is 4. The Morgan fingerprint density at radius 3 is 3.00 bits per heavy atom. The van der Waals surface area contributed by atoms with Crippen molar-refractivity contribution in [2.75, 3.05) is 19.6 Å². The molecular weight excluding hydrogens is 312 g/mol. The highest BCUT2D eigenvalue weighted by Gasteiger charge is 2.27. The molecule has 2 fully saturated rings. The third-order valence-corrected chi connectivity index (χ3v) is 6.21. The van der Waals surface area contributed by atoms with Crippen LogP contribution in [0.15, 0.2) is 6.20 Å². The van der Waals surface area contributed by atoms with E-state index in [9.17, 15) is 4.79 Å². The van der Waals surface area contributed by atoms with Gasteiger partial charge < -0.3 is 10.2 Å². The number of carbonyl (C=O) groups is 1. The van der Waals surface area contributed by atoms with Crippen LogP contribution >= 0.6 is 0 Å². The van der Waals surface area contributed by atoms with Crippen molar-refractivity contribution in [1.82, 2.24) is 20.2 Å². The van der Waals surface area contributed by atoms with Gasteiger partial charge in [0.1, 0.15) is 5.82 Å². The lowest BCUT2D eigenvalue weighted by Gasteiger charge is -2.32. The van der Waals surface area contributed by atoms with Gasteiger partial charge in [0, 0.05) is 62.4 Å². The molecule has 2 aliphatic heterocycles. The first kappa shape index (κ1) is 17.0. The van der Waals surface area contributed by atoms with E-state index in [1.807, 2.05) is 6.20 Å². The molecule has 4 rings (SSSR count). The number of likely N-dealkylation sites (tertiary alicyclic amines) is 1. The van der Waals surface area contributed by atoms with Crippen LogP contribution in [0.4, 0.5) is 0 Å². The Hall–Kier alpha value is -1.49. The Balaban J connectivity index is 1.36. The minimum atomic E-state index is 0.310. The number of hydrogen-bond acceptors (Lipinski definition) is 4. The van der Waals surface area contributed by atoms with E-state index in [1.165, 1.54) is 36.9 Å². The van der Waals surface area contributed by atoms with Crippen LogP contribution in [0.2, 0.25) is 0 Å². The van der Waals surface area contributed by atoms with Gasteiger partial charge in [-0.2, -0.15) is 0 Å². The fraction of sp³-hybridized carbons (Fsp3) is 0.750. The standard InChI is InChI=1S/C20H30N4O/c25-19(8-7-15-4-1-2-5-15)24-11-3-6-16(14-24)20-22-13-17-12-21-10-9-18(17)23-20/h13,15-16,21H,1-12,14H2/t16-/m0/s1. The highest BCUT2D eigenvalue weighted by Crippen LogP contribution is 2.30. The molecule has 5 heteroatoms. The molecule has 1 aromatic rings. The SMILES string of the molecule is O=C(CCC1CCCC1)N1CCC[C@H](c2ncc3c(n2)CCNC3)C1. The second-order valence-electron chi connectivity index (χ2n) is 7.99. The summed E-state index contributed by atoms with van der Waals surface area (Å²) in [6.45, 7) is 3.60. The van der Waals surface area contributed by atoms with Crippen LogP contribution in [0.25, 0.3) is 0 Å². The number of hydrogen-bond donors (Lipinski definition) is 1. The molecule has 0 spiro atoms. The number of fused-ring (bicyclic) bond motifs is 1. The first-order valence-corrected chi connectivity index (χ1v) is 10.1. The quantitative estimate of drug-likeness (QED) is 0.914. The van der Waals surface area contributed by atoms with Crippen molar-refractivity contribution in [3.63, 3.8) is 0 Å². The second-order valence-corrected chi connectivity index (χ2v) is 7.99. The van der Waals surface area contributed by atoms with Crippen LogP contribution in [0.5, 0.6) is 0 Å². The molecule has 0 bridgehead atoms. The van der Waals surface area contributed by atoms with Crippen LogP contribution < -0.4 is 5.32 Å². The average molecular weight is 342 g/mol. The molecule has 0 unspecified atom stereocenters. The summed E-state index contributed by atoms with van der Waals surface area (Å²) in [6, 6.07) is 0. The van der Waals surface area contributed by atoms with Crippen molar-refractivity contribution in [3.05, 3.63) is 23.3 Å².